The topological polar surface area (TPSA) is 32.3 Å². The van der Waals surface area contributed by atoms with Crippen LogP contribution < -0.4 is 5.32 Å². The Morgan fingerprint density at radius 2 is 1.77 bits per heavy atom. The lowest BCUT2D eigenvalue weighted by molar-refractivity contribution is 0.0761. The number of allylic oxidation sites excluding steroid dienone is 2. The highest BCUT2D eigenvalue weighted by Crippen LogP contribution is 2.51. The molecule has 0 unspecified atom stereocenters. The van der Waals surface area contributed by atoms with Gasteiger partial charge in [0.2, 0.25) is 0 Å². The van der Waals surface area contributed by atoms with Crippen molar-refractivity contribution in [2.45, 2.75) is 44.1 Å². The van der Waals surface area contributed by atoms with Crippen molar-refractivity contribution in [3.05, 3.63) is 75.3 Å². The predicted molar refractivity (Wildman–Crippen MR) is 124 cm³/mol. The molecule has 3 aliphatic rings. The highest BCUT2D eigenvalue weighted by molar-refractivity contribution is 6.35. The van der Waals surface area contributed by atoms with Crippen LogP contribution >= 0.6 is 23.2 Å². The number of hydrogen-bond donors (Lipinski definition) is 1. The largest absolute Gasteiger partial charge is 0.378 e. The molecule has 5 heteroatoms. The molecule has 0 spiro atoms. The molecular formula is C25H26Cl2N2O. The molecule has 3 atom stereocenters. The van der Waals surface area contributed by atoms with E-state index in [1.54, 1.807) is 0 Å². The van der Waals surface area contributed by atoms with E-state index in [0.717, 1.165) is 49.2 Å². The first kappa shape index (κ1) is 20.0. The number of nitrogens with zero attached hydrogens (tertiary/aromatic N) is 1. The summed E-state index contributed by atoms with van der Waals surface area (Å²) in [5, 5.41) is 5.06. The number of likely N-dealkylation sites (tertiary alicyclic amines) is 1. The summed E-state index contributed by atoms with van der Waals surface area (Å²) in [6, 6.07) is 12.0. The van der Waals surface area contributed by atoms with Crippen LogP contribution in [0.1, 0.15) is 65.5 Å². The maximum atomic E-state index is 13.2. The number of hydrogen-bond acceptors (Lipinski definition) is 2. The van der Waals surface area contributed by atoms with Crippen LogP contribution in [-0.2, 0) is 0 Å². The Kier molecular flexibility index (Phi) is 5.51. The first-order chi connectivity index (χ1) is 14.6. The number of halogens is 2. The van der Waals surface area contributed by atoms with E-state index in [2.05, 4.69) is 29.6 Å². The van der Waals surface area contributed by atoms with E-state index < -0.39 is 0 Å². The van der Waals surface area contributed by atoms with Crippen molar-refractivity contribution in [1.82, 2.24) is 4.90 Å². The molecule has 2 aliphatic heterocycles. The van der Waals surface area contributed by atoms with Crippen LogP contribution in [0, 0.1) is 5.92 Å². The molecule has 1 amide bonds. The van der Waals surface area contributed by atoms with Gasteiger partial charge in [-0.25, -0.2) is 0 Å². The molecule has 1 N–H and O–H groups in total. The molecule has 1 saturated heterocycles. The van der Waals surface area contributed by atoms with Crippen LogP contribution in [0.3, 0.4) is 0 Å². The highest BCUT2D eigenvalue weighted by atomic mass is 35.5. The fraction of sp³-hybridized carbons (Fsp3) is 0.400. The lowest BCUT2D eigenvalue weighted by Crippen LogP contribution is -2.33. The lowest BCUT2D eigenvalue weighted by atomic mass is 9.76. The Morgan fingerprint density at radius 3 is 2.53 bits per heavy atom. The number of fused-ring (bicyclic) bond motifs is 3. The van der Waals surface area contributed by atoms with Crippen LogP contribution in [0.15, 0.2) is 48.6 Å². The van der Waals surface area contributed by atoms with Crippen LogP contribution in [0.25, 0.3) is 0 Å². The van der Waals surface area contributed by atoms with Crippen LogP contribution in [-0.4, -0.2) is 23.9 Å². The van der Waals surface area contributed by atoms with E-state index in [-0.39, 0.29) is 17.9 Å². The second kappa shape index (κ2) is 8.28. The third-order valence-electron chi connectivity index (χ3n) is 6.80. The van der Waals surface area contributed by atoms with Gasteiger partial charge in [0.25, 0.3) is 5.91 Å². The smallest absolute Gasteiger partial charge is 0.253 e. The van der Waals surface area contributed by atoms with Crippen molar-refractivity contribution in [2.24, 2.45) is 5.92 Å². The molecule has 0 aromatic heterocycles. The summed E-state index contributed by atoms with van der Waals surface area (Å²) >= 11 is 12.7. The minimum Gasteiger partial charge on any atom is -0.378 e. The molecule has 1 fully saturated rings. The summed E-state index contributed by atoms with van der Waals surface area (Å²) in [6.07, 6.45) is 10.2. The second-order valence-corrected chi connectivity index (χ2v) is 9.49. The van der Waals surface area contributed by atoms with E-state index in [9.17, 15) is 4.79 Å². The zero-order valence-corrected chi connectivity index (χ0v) is 18.4. The van der Waals surface area contributed by atoms with Crippen molar-refractivity contribution in [1.29, 1.82) is 0 Å². The average molecular weight is 441 g/mol. The van der Waals surface area contributed by atoms with E-state index in [1.807, 2.05) is 29.2 Å². The Morgan fingerprint density at radius 1 is 0.967 bits per heavy atom. The minimum absolute atomic E-state index is 0.120. The fourth-order valence-corrected chi connectivity index (χ4v) is 5.77. The summed E-state index contributed by atoms with van der Waals surface area (Å²) in [5.41, 5.74) is 4.19. The molecule has 0 saturated carbocycles. The average Bonchev–Trinajstić information content (AvgIpc) is 3.08. The van der Waals surface area contributed by atoms with Crippen molar-refractivity contribution >= 4 is 34.8 Å². The van der Waals surface area contributed by atoms with Crippen molar-refractivity contribution in [3.8, 4) is 0 Å². The third-order valence-corrected chi connectivity index (χ3v) is 7.36. The van der Waals surface area contributed by atoms with E-state index in [1.165, 1.54) is 18.4 Å². The molecule has 0 radical (unpaired) electrons. The number of rotatable bonds is 2. The summed E-state index contributed by atoms with van der Waals surface area (Å²) < 4.78 is 0. The number of anilines is 1. The minimum atomic E-state index is 0.120. The zero-order chi connectivity index (χ0) is 20.7. The first-order valence-electron chi connectivity index (χ1n) is 10.9. The summed E-state index contributed by atoms with van der Waals surface area (Å²) in [5.74, 6) is 0.829. The lowest BCUT2D eigenvalue weighted by Gasteiger charge is -2.38. The molecule has 5 rings (SSSR count). The van der Waals surface area contributed by atoms with Crippen molar-refractivity contribution in [3.63, 3.8) is 0 Å². The first-order valence-corrected chi connectivity index (χ1v) is 11.7. The number of amides is 1. The zero-order valence-electron chi connectivity index (χ0n) is 16.9. The molecule has 0 bridgehead atoms. The predicted octanol–water partition coefficient (Wildman–Crippen LogP) is 6.84. The molecule has 3 nitrogen and oxygen atoms in total. The molecule has 2 heterocycles. The van der Waals surface area contributed by atoms with Gasteiger partial charge in [-0.15, -0.1) is 0 Å². The highest BCUT2D eigenvalue weighted by Gasteiger charge is 2.39. The van der Waals surface area contributed by atoms with Gasteiger partial charge >= 0.3 is 0 Å². The van der Waals surface area contributed by atoms with E-state index >= 15 is 0 Å². The van der Waals surface area contributed by atoms with Gasteiger partial charge in [0, 0.05) is 40.3 Å². The van der Waals surface area contributed by atoms with Gasteiger partial charge in [0.15, 0.2) is 0 Å². The third kappa shape index (κ3) is 3.63. The quantitative estimate of drug-likeness (QED) is 0.518. The fourth-order valence-electron chi connectivity index (χ4n) is 5.25. The van der Waals surface area contributed by atoms with Crippen molar-refractivity contribution < 1.29 is 4.79 Å². The Bertz CT molecular complexity index is 995. The van der Waals surface area contributed by atoms with Gasteiger partial charge in [0.1, 0.15) is 0 Å². The summed E-state index contributed by atoms with van der Waals surface area (Å²) in [7, 11) is 0. The van der Waals surface area contributed by atoms with E-state index in [4.69, 9.17) is 23.2 Å². The monoisotopic (exact) mass is 440 g/mol. The molecule has 156 valence electrons. The number of carbonyl (C=O) groups excluding carboxylic acids is 1. The van der Waals surface area contributed by atoms with Crippen LogP contribution in [0.5, 0.6) is 0 Å². The summed E-state index contributed by atoms with van der Waals surface area (Å²) in [4.78, 5) is 15.2. The molecule has 30 heavy (non-hydrogen) atoms. The van der Waals surface area contributed by atoms with Crippen LogP contribution in [0.2, 0.25) is 10.0 Å². The maximum absolute atomic E-state index is 13.2. The SMILES string of the molecule is O=C(c1ccc2c(c1)[C@@H]1C=CC[C@H]1[C@@H](c1ccc(Cl)cc1Cl)N2)N1CCCCCC1. The summed E-state index contributed by atoms with van der Waals surface area (Å²) in [6.45, 7) is 1.74. The number of benzene rings is 2. The Hall–Kier alpha value is -1.97. The second-order valence-electron chi connectivity index (χ2n) is 8.65. The van der Waals surface area contributed by atoms with Crippen LogP contribution in [0.4, 0.5) is 5.69 Å². The molecular weight excluding hydrogens is 415 g/mol. The Balaban J connectivity index is 1.47. The number of carbonyl (C=O) groups is 1. The van der Waals surface area contributed by atoms with Gasteiger partial charge in [-0.2, -0.15) is 0 Å². The molecule has 1 aliphatic carbocycles. The van der Waals surface area contributed by atoms with E-state index in [0.29, 0.717) is 16.0 Å². The number of nitrogens with one attached hydrogen (secondary N) is 1. The molecule has 2 aromatic carbocycles. The van der Waals surface area contributed by atoms with Gasteiger partial charge in [-0.1, -0.05) is 54.3 Å². The van der Waals surface area contributed by atoms with Gasteiger partial charge in [-0.3, -0.25) is 4.79 Å². The van der Waals surface area contributed by atoms with Gasteiger partial charge in [0.05, 0.1) is 6.04 Å². The van der Waals surface area contributed by atoms with Gasteiger partial charge in [-0.05, 0) is 66.6 Å². The van der Waals surface area contributed by atoms with Gasteiger partial charge < -0.3 is 10.2 Å². The standard InChI is InChI=1S/C25H26Cl2N2O/c26-17-9-10-20(22(27)15-17)24-19-7-5-6-18(19)21-14-16(8-11-23(21)28-24)25(30)29-12-3-1-2-4-13-29/h5-6,8-11,14-15,18-19,24,28H,1-4,7,12-13H2/t18-,19-,24+/m1/s1. The molecule has 2 aromatic rings. The Labute approximate surface area is 188 Å². The maximum Gasteiger partial charge on any atom is 0.253 e. The normalized spacial score (nSPS) is 25.3. The van der Waals surface area contributed by atoms with Crippen molar-refractivity contribution in [2.75, 3.05) is 18.4 Å².